The summed E-state index contributed by atoms with van der Waals surface area (Å²) >= 11 is 0. The van der Waals surface area contributed by atoms with Gasteiger partial charge in [0, 0.05) is 25.6 Å². The zero-order valence-corrected chi connectivity index (χ0v) is 13.0. The molecule has 1 heterocycles. The van der Waals surface area contributed by atoms with Crippen molar-refractivity contribution >= 4 is 5.91 Å². The highest BCUT2D eigenvalue weighted by atomic mass is 16.2. The number of rotatable bonds is 4. The lowest BCUT2D eigenvalue weighted by Gasteiger charge is -2.38. The van der Waals surface area contributed by atoms with Gasteiger partial charge in [-0.1, -0.05) is 43.5 Å². The van der Waals surface area contributed by atoms with Gasteiger partial charge in [0.25, 0.3) is 0 Å². The molecule has 0 bridgehead atoms. The Morgan fingerprint density at radius 2 is 1.95 bits per heavy atom. The van der Waals surface area contributed by atoms with E-state index in [9.17, 15) is 4.79 Å². The standard InChI is InChI=1S/C18H26N2O/c1-14-7-3-4-8-16(14)18(9-5-2-6-10-18)17(21)20-13-15-11-19-12-15/h3-4,7-8,15,19H,2,5-6,9-13H2,1H3,(H,20,21). The normalized spacial score (nSPS) is 21.6. The Kier molecular flexibility index (Phi) is 4.29. The Hall–Kier alpha value is -1.35. The van der Waals surface area contributed by atoms with E-state index in [1.54, 1.807) is 0 Å². The zero-order valence-electron chi connectivity index (χ0n) is 13.0. The number of benzene rings is 1. The van der Waals surface area contributed by atoms with Gasteiger partial charge in [0.1, 0.15) is 0 Å². The van der Waals surface area contributed by atoms with Crippen molar-refractivity contribution in [3.8, 4) is 0 Å². The predicted octanol–water partition coefficient (Wildman–Crippen LogP) is 2.53. The lowest BCUT2D eigenvalue weighted by Crippen LogP contribution is -2.52. The summed E-state index contributed by atoms with van der Waals surface area (Å²) in [5.74, 6) is 0.870. The number of nitrogens with one attached hydrogen (secondary N) is 2. The van der Waals surface area contributed by atoms with E-state index in [2.05, 4.69) is 41.8 Å². The van der Waals surface area contributed by atoms with Gasteiger partial charge in [0.2, 0.25) is 5.91 Å². The molecule has 0 atom stereocenters. The lowest BCUT2D eigenvalue weighted by molar-refractivity contribution is -0.128. The van der Waals surface area contributed by atoms with Crippen molar-refractivity contribution < 1.29 is 4.79 Å². The molecule has 0 spiro atoms. The molecule has 0 aromatic heterocycles. The molecule has 2 fully saturated rings. The van der Waals surface area contributed by atoms with Crippen LogP contribution in [-0.2, 0) is 10.2 Å². The van der Waals surface area contributed by atoms with Gasteiger partial charge in [-0.15, -0.1) is 0 Å². The Morgan fingerprint density at radius 1 is 1.24 bits per heavy atom. The van der Waals surface area contributed by atoms with Crippen molar-refractivity contribution in [2.75, 3.05) is 19.6 Å². The Morgan fingerprint density at radius 3 is 2.57 bits per heavy atom. The fourth-order valence-corrected chi connectivity index (χ4v) is 3.78. The van der Waals surface area contributed by atoms with Crippen LogP contribution in [0, 0.1) is 12.8 Å². The smallest absolute Gasteiger partial charge is 0.230 e. The Balaban J connectivity index is 1.82. The number of carbonyl (C=O) groups excluding carboxylic acids is 1. The number of carbonyl (C=O) groups is 1. The van der Waals surface area contributed by atoms with Crippen LogP contribution in [0.1, 0.15) is 43.2 Å². The molecule has 2 N–H and O–H groups in total. The molecule has 1 aromatic rings. The number of hydrogen-bond donors (Lipinski definition) is 2. The molecule has 3 heteroatoms. The van der Waals surface area contributed by atoms with Crippen LogP contribution in [0.4, 0.5) is 0 Å². The number of amides is 1. The predicted molar refractivity (Wildman–Crippen MR) is 85.3 cm³/mol. The summed E-state index contributed by atoms with van der Waals surface area (Å²) in [5, 5.41) is 6.51. The second-order valence-electron chi connectivity index (χ2n) is 6.69. The van der Waals surface area contributed by atoms with E-state index in [1.807, 2.05) is 0 Å². The molecule has 2 aliphatic rings. The third kappa shape index (κ3) is 2.84. The molecule has 1 saturated heterocycles. The van der Waals surface area contributed by atoms with Crippen LogP contribution in [0.15, 0.2) is 24.3 Å². The fraction of sp³-hybridized carbons (Fsp3) is 0.611. The third-order valence-corrected chi connectivity index (χ3v) is 5.22. The maximum Gasteiger partial charge on any atom is 0.230 e. The first-order valence-corrected chi connectivity index (χ1v) is 8.27. The number of hydrogen-bond acceptors (Lipinski definition) is 2. The van der Waals surface area contributed by atoms with E-state index < -0.39 is 0 Å². The molecule has 1 aliphatic heterocycles. The molecule has 114 valence electrons. The van der Waals surface area contributed by atoms with Crippen LogP contribution in [0.2, 0.25) is 0 Å². The Labute approximate surface area is 127 Å². The average molecular weight is 286 g/mol. The summed E-state index contributed by atoms with van der Waals surface area (Å²) < 4.78 is 0. The van der Waals surface area contributed by atoms with E-state index >= 15 is 0 Å². The molecular formula is C18H26N2O. The van der Waals surface area contributed by atoms with Gasteiger partial charge in [0.05, 0.1) is 5.41 Å². The van der Waals surface area contributed by atoms with Crippen LogP contribution < -0.4 is 10.6 Å². The van der Waals surface area contributed by atoms with Gasteiger partial charge >= 0.3 is 0 Å². The topological polar surface area (TPSA) is 41.1 Å². The van der Waals surface area contributed by atoms with E-state index in [-0.39, 0.29) is 11.3 Å². The van der Waals surface area contributed by atoms with Crippen LogP contribution >= 0.6 is 0 Å². The highest BCUT2D eigenvalue weighted by Crippen LogP contribution is 2.41. The highest BCUT2D eigenvalue weighted by Gasteiger charge is 2.41. The monoisotopic (exact) mass is 286 g/mol. The van der Waals surface area contributed by atoms with Crippen molar-refractivity contribution in [3.05, 3.63) is 35.4 Å². The fourth-order valence-electron chi connectivity index (χ4n) is 3.78. The molecule has 0 unspecified atom stereocenters. The van der Waals surface area contributed by atoms with Crippen LogP contribution in [-0.4, -0.2) is 25.5 Å². The first kappa shape index (κ1) is 14.6. The van der Waals surface area contributed by atoms with Crippen molar-refractivity contribution in [1.29, 1.82) is 0 Å². The van der Waals surface area contributed by atoms with Gasteiger partial charge in [-0.3, -0.25) is 4.79 Å². The molecule has 21 heavy (non-hydrogen) atoms. The summed E-state index contributed by atoms with van der Waals surface area (Å²) in [6.07, 6.45) is 5.56. The summed E-state index contributed by atoms with van der Waals surface area (Å²) in [7, 11) is 0. The third-order valence-electron chi connectivity index (χ3n) is 5.22. The summed E-state index contributed by atoms with van der Waals surface area (Å²) in [4.78, 5) is 13.0. The molecule has 3 nitrogen and oxygen atoms in total. The molecule has 3 rings (SSSR count). The molecule has 1 amide bonds. The highest BCUT2D eigenvalue weighted by molar-refractivity contribution is 5.88. The summed E-state index contributed by atoms with van der Waals surface area (Å²) in [6.45, 7) is 5.03. The minimum Gasteiger partial charge on any atom is -0.355 e. The minimum atomic E-state index is -0.291. The van der Waals surface area contributed by atoms with Crippen molar-refractivity contribution in [3.63, 3.8) is 0 Å². The van der Waals surface area contributed by atoms with Gasteiger partial charge in [-0.2, -0.15) is 0 Å². The number of aryl methyl sites for hydroxylation is 1. The van der Waals surface area contributed by atoms with Crippen LogP contribution in [0.3, 0.4) is 0 Å². The van der Waals surface area contributed by atoms with Crippen molar-refractivity contribution in [1.82, 2.24) is 10.6 Å². The molecule has 1 aromatic carbocycles. The molecule has 0 radical (unpaired) electrons. The van der Waals surface area contributed by atoms with E-state index in [0.29, 0.717) is 5.92 Å². The zero-order chi connectivity index (χ0) is 14.7. The van der Waals surface area contributed by atoms with Gasteiger partial charge < -0.3 is 10.6 Å². The van der Waals surface area contributed by atoms with E-state index in [1.165, 1.54) is 17.5 Å². The largest absolute Gasteiger partial charge is 0.355 e. The SMILES string of the molecule is Cc1ccccc1C1(C(=O)NCC2CNC2)CCCCC1. The van der Waals surface area contributed by atoms with Gasteiger partial charge in [-0.25, -0.2) is 0 Å². The van der Waals surface area contributed by atoms with E-state index in [4.69, 9.17) is 0 Å². The summed E-state index contributed by atoms with van der Waals surface area (Å²) in [5.41, 5.74) is 2.20. The summed E-state index contributed by atoms with van der Waals surface area (Å²) in [6, 6.07) is 8.43. The average Bonchev–Trinajstić information content (AvgIpc) is 2.46. The quantitative estimate of drug-likeness (QED) is 0.893. The molecule has 1 saturated carbocycles. The van der Waals surface area contributed by atoms with Gasteiger partial charge in [-0.05, 0) is 30.9 Å². The first-order chi connectivity index (χ1) is 10.2. The molecular weight excluding hydrogens is 260 g/mol. The second kappa shape index (κ2) is 6.18. The maximum absolute atomic E-state index is 13.0. The first-order valence-electron chi connectivity index (χ1n) is 8.27. The van der Waals surface area contributed by atoms with Crippen LogP contribution in [0.25, 0.3) is 0 Å². The van der Waals surface area contributed by atoms with Crippen LogP contribution in [0.5, 0.6) is 0 Å². The second-order valence-corrected chi connectivity index (χ2v) is 6.69. The van der Waals surface area contributed by atoms with E-state index in [0.717, 1.165) is 45.3 Å². The van der Waals surface area contributed by atoms with Crippen molar-refractivity contribution in [2.24, 2.45) is 5.92 Å². The maximum atomic E-state index is 13.0. The lowest BCUT2D eigenvalue weighted by atomic mass is 9.67. The van der Waals surface area contributed by atoms with Crippen molar-refractivity contribution in [2.45, 2.75) is 44.4 Å². The Bertz CT molecular complexity index is 502. The van der Waals surface area contributed by atoms with Gasteiger partial charge in [0.15, 0.2) is 0 Å². The molecule has 1 aliphatic carbocycles. The minimum absolute atomic E-state index is 0.253.